The maximum atomic E-state index is 5.70. The Morgan fingerprint density at radius 3 is 2.24 bits per heavy atom. The van der Waals surface area contributed by atoms with E-state index in [1.54, 1.807) is 0 Å². The molecule has 1 aromatic rings. The van der Waals surface area contributed by atoms with Crippen LogP contribution < -0.4 is 11.3 Å². The molecule has 3 N–H and O–H groups in total. The van der Waals surface area contributed by atoms with Gasteiger partial charge in [-0.2, -0.15) is 5.10 Å². The van der Waals surface area contributed by atoms with Crippen molar-refractivity contribution in [1.29, 1.82) is 0 Å². The topological polar surface area (TPSA) is 55.9 Å². The van der Waals surface area contributed by atoms with Crippen molar-refractivity contribution < 1.29 is 0 Å². The molecule has 1 rings (SSSR count). The van der Waals surface area contributed by atoms with Gasteiger partial charge in [-0.3, -0.25) is 16.0 Å². The van der Waals surface area contributed by atoms with Gasteiger partial charge >= 0.3 is 0 Å². The van der Waals surface area contributed by atoms with E-state index in [1.807, 2.05) is 11.7 Å². The summed E-state index contributed by atoms with van der Waals surface area (Å²) in [5.41, 5.74) is 6.68. The monoisotopic (exact) mass is 238 g/mol. The van der Waals surface area contributed by atoms with E-state index in [0.29, 0.717) is 12.0 Å². The van der Waals surface area contributed by atoms with Crippen molar-refractivity contribution in [1.82, 2.24) is 15.2 Å². The second-order valence-corrected chi connectivity index (χ2v) is 4.83. The normalized spacial score (nSPS) is 13.4. The summed E-state index contributed by atoms with van der Waals surface area (Å²) in [4.78, 5) is 0. The maximum Gasteiger partial charge on any atom is 0.0628 e. The number of nitrogens with zero attached hydrogens (tertiary/aromatic N) is 2. The van der Waals surface area contributed by atoms with Crippen LogP contribution in [0, 0.1) is 19.8 Å². The van der Waals surface area contributed by atoms with Crippen molar-refractivity contribution in [3.63, 3.8) is 0 Å². The zero-order chi connectivity index (χ0) is 13.0. The van der Waals surface area contributed by atoms with Crippen LogP contribution in [0.1, 0.15) is 43.6 Å². The van der Waals surface area contributed by atoms with Gasteiger partial charge in [0, 0.05) is 18.8 Å². The van der Waals surface area contributed by atoms with Gasteiger partial charge in [-0.05, 0) is 31.7 Å². The molecule has 0 radical (unpaired) electrons. The van der Waals surface area contributed by atoms with Crippen LogP contribution >= 0.6 is 0 Å². The summed E-state index contributed by atoms with van der Waals surface area (Å²) < 4.78 is 1.95. The van der Waals surface area contributed by atoms with E-state index in [1.165, 1.54) is 11.3 Å². The summed E-state index contributed by atoms with van der Waals surface area (Å²) in [7, 11) is 1.99. The Bertz CT molecular complexity index is 353. The van der Waals surface area contributed by atoms with E-state index in [4.69, 9.17) is 5.84 Å². The molecule has 0 spiro atoms. The number of hydrazine groups is 1. The van der Waals surface area contributed by atoms with E-state index in [9.17, 15) is 0 Å². The lowest BCUT2D eigenvalue weighted by molar-refractivity contribution is 0.335. The van der Waals surface area contributed by atoms with Crippen molar-refractivity contribution in [2.24, 2.45) is 18.8 Å². The quantitative estimate of drug-likeness (QED) is 0.587. The molecule has 0 amide bonds. The molecular formula is C13H26N4. The first-order valence-electron chi connectivity index (χ1n) is 6.50. The van der Waals surface area contributed by atoms with Crippen molar-refractivity contribution in [2.45, 2.75) is 53.0 Å². The molecule has 0 aliphatic heterocycles. The summed E-state index contributed by atoms with van der Waals surface area (Å²) >= 11 is 0. The zero-order valence-corrected chi connectivity index (χ0v) is 11.7. The third-order valence-corrected chi connectivity index (χ3v) is 3.91. The third-order valence-electron chi connectivity index (χ3n) is 3.91. The van der Waals surface area contributed by atoms with E-state index < -0.39 is 0 Å². The average Bonchev–Trinajstić information content (AvgIpc) is 2.55. The summed E-state index contributed by atoms with van der Waals surface area (Å²) in [5.74, 6) is 6.33. The Kier molecular flexibility index (Phi) is 5.15. The van der Waals surface area contributed by atoms with Crippen molar-refractivity contribution in [2.75, 3.05) is 0 Å². The number of hydrogen-bond donors (Lipinski definition) is 2. The van der Waals surface area contributed by atoms with Gasteiger partial charge < -0.3 is 0 Å². The fraction of sp³-hybridized carbons (Fsp3) is 0.769. The Hall–Kier alpha value is -0.870. The summed E-state index contributed by atoms with van der Waals surface area (Å²) in [6.07, 6.45) is 3.28. The predicted octanol–water partition coefficient (Wildman–Crippen LogP) is 1.85. The minimum atomic E-state index is 0.339. The van der Waals surface area contributed by atoms with Crippen LogP contribution in [0.4, 0.5) is 0 Å². The molecule has 1 heterocycles. The smallest absolute Gasteiger partial charge is 0.0628 e. The average molecular weight is 238 g/mol. The molecule has 17 heavy (non-hydrogen) atoms. The standard InChI is InChI=1S/C13H26N4/c1-6-11(7-2)13(15-14)8-12-9(3)16-17(5)10(12)4/h11,13,15H,6-8,14H2,1-5H3. The fourth-order valence-corrected chi connectivity index (χ4v) is 2.55. The molecule has 98 valence electrons. The fourth-order valence-electron chi connectivity index (χ4n) is 2.55. The molecule has 4 heteroatoms. The van der Waals surface area contributed by atoms with E-state index in [0.717, 1.165) is 25.0 Å². The van der Waals surface area contributed by atoms with Gasteiger partial charge in [0.15, 0.2) is 0 Å². The molecule has 1 aromatic heterocycles. The number of aromatic nitrogens is 2. The largest absolute Gasteiger partial charge is 0.272 e. The summed E-state index contributed by atoms with van der Waals surface area (Å²) in [6, 6.07) is 0.339. The molecular weight excluding hydrogens is 212 g/mol. The minimum Gasteiger partial charge on any atom is -0.272 e. The molecule has 1 unspecified atom stereocenters. The number of rotatable bonds is 6. The minimum absolute atomic E-state index is 0.339. The maximum absolute atomic E-state index is 5.70. The van der Waals surface area contributed by atoms with Gasteiger partial charge in [-0.1, -0.05) is 26.7 Å². The Morgan fingerprint density at radius 2 is 1.88 bits per heavy atom. The first-order chi connectivity index (χ1) is 8.04. The molecule has 0 bridgehead atoms. The summed E-state index contributed by atoms with van der Waals surface area (Å²) in [6.45, 7) is 8.64. The predicted molar refractivity (Wildman–Crippen MR) is 71.6 cm³/mol. The molecule has 0 saturated carbocycles. The highest BCUT2D eigenvalue weighted by Gasteiger charge is 2.20. The van der Waals surface area contributed by atoms with Crippen molar-refractivity contribution in [3.8, 4) is 0 Å². The zero-order valence-electron chi connectivity index (χ0n) is 11.7. The molecule has 0 fully saturated rings. The SMILES string of the molecule is CCC(CC)C(Cc1c(C)nn(C)c1C)NN. The van der Waals surface area contributed by atoms with Crippen molar-refractivity contribution >= 4 is 0 Å². The van der Waals surface area contributed by atoms with Crippen LogP contribution in [0.2, 0.25) is 0 Å². The van der Waals surface area contributed by atoms with E-state index in [-0.39, 0.29) is 0 Å². The highest BCUT2D eigenvalue weighted by atomic mass is 15.3. The Balaban J connectivity index is 2.87. The second-order valence-electron chi connectivity index (χ2n) is 4.83. The number of nitrogens with one attached hydrogen (secondary N) is 1. The van der Waals surface area contributed by atoms with Gasteiger partial charge in [0.2, 0.25) is 0 Å². The third kappa shape index (κ3) is 3.07. The van der Waals surface area contributed by atoms with Crippen LogP contribution in [0.15, 0.2) is 0 Å². The lowest BCUT2D eigenvalue weighted by atomic mass is 9.89. The Morgan fingerprint density at radius 1 is 1.29 bits per heavy atom. The number of aryl methyl sites for hydroxylation is 2. The highest BCUT2D eigenvalue weighted by molar-refractivity contribution is 5.25. The Labute approximate surface area is 105 Å². The lowest BCUT2D eigenvalue weighted by Crippen LogP contribution is -2.42. The van der Waals surface area contributed by atoms with Crippen LogP contribution in [0.5, 0.6) is 0 Å². The van der Waals surface area contributed by atoms with Crippen LogP contribution in [-0.4, -0.2) is 15.8 Å². The van der Waals surface area contributed by atoms with Gasteiger partial charge in [0.1, 0.15) is 0 Å². The molecule has 0 saturated heterocycles. The number of hydrogen-bond acceptors (Lipinski definition) is 3. The lowest BCUT2D eigenvalue weighted by Gasteiger charge is -2.24. The molecule has 0 aliphatic carbocycles. The van der Waals surface area contributed by atoms with Crippen LogP contribution in [0.3, 0.4) is 0 Å². The first kappa shape index (κ1) is 14.2. The van der Waals surface area contributed by atoms with Gasteiger partial charge in [0.05, 0.1) is 5.69 Å². The van der Waals surface area contributed by atoms with Crippen LogP contribution in [-0.2, 0) is 13.5 Å². The highest BCUT2D eigenvalue weighted by Crippen LogP contribution is 2.20. The van der Waals surface area contributed by atoms with E-state index in [2.05, 4.69) is 38.2 Å². The molecule has 1 atom stereocenters. The van der Waals surface area contributed by atoms with Gasteiger partial charge in [-0.15, -0.1) is 0 Å². The second kappa shape index (κ2) is 6.17. The molecule has 4 nitrogen and oxygen atoms in total. The molecule has 0 aliphatic rings. The van der Waals surface area contributed by atoms with Crippen molar-refractivity contribution in [3.05, 3.63) is 17.0 Å². The van der Waals surface area contributed by atoms with Gasteiger partial charge in [0.25, 0.3) is 0 Å². The summed E-state index contributed by atoms with van der Waals surface area (Å²) in [5, 5.41) is 4.46. The first-order valence-corrected chi connectivity index (χ1v) is 6.50. The van der Waals surface area contributed by atoms with Crippen LogP contribution in [0.25, 0.3) is 0 Å². The van der Waals surface area contributed by atoms with E-state index >= 15 is 0 Å². The number of nitrogens with two attached hydrogens (primary N) is 1. The molecule has 0 aromatic carbocycles. The van der Waals surface area contributed by atoms with Gasteiger partial charge in [-0.25, -0.2) is 0 Å².